The SMILES string of the molecule is COc1ccc(N(C)S(=O)(=O)c2cccc(C(=O)N3CCN(c4ccc(F)cc4)CC3)c2)cc1. The van der Waals surface area contributed by atoms with Gasteiger partial charge in [-0.25, -0.2) is 12.8 Å². The van der Waals surface area contributed by atoms with Gasteiger partial charge in [0.15, 0.2) is 0 Å². The zero-order valence-electron chi connectivity index (χ0n) is 19.0. The van der Waals surface area contributed by atoms with Crippen LogP contribution in [-0.4, -0.2) is 59.6 Å². The molecule has 0 saturated carbocycles. The summed E-state index contributed by atoms with van der Waals surface area (Å²) >= 11 is 0. The number of sulfonamides is 1. The van der Waals surface area contributed by atoms with Crippen LogP contribution >= 0.6 is 0 Å². The molecule has 1 fully saturated rings. The Labute approximate surface area is 199 Å². The Hall–Kier alpha value is -3.59. The van der Waals surface area contributed by atoms with E-state index < -0.39 is 10.0 Å². The Bertz CT molecular complexity index is 1260. The first-order valence-corrected chi connectivity index (χ1v) is 12.3. The van der Waals surface area contributed by atoms with E-state index >= 15 is 0 Å². The van der Waals surface area contributed by atoms with Gasteiger partial charge in [0.1, 0.15) is 11.6 Å². The van der Waals surface area contributed by atoms with E-state index in [-0.39, 0.29) is 16.6 Å². The van der Waals surface area contributed by atoms with Crippen molar-refractivity contribution in [3.63, 3.8) is 0 Å². The van der Waals surface area contributed by atoms with Crippen LogP contribution in [0.3, 0.4) is 0 Å². The highest BCUT2D eigenvalue weighted by molar-refractivity contribution is 7.92. The van der Waals surface area contributed by atoms with E-state index in [2.05, 4.69) is 4.90 Å². The summed E-state index contributed by atoms with van der Waals surface area (Å²) in [6.45, 7) is 2.18. The molecule has 0 atom stereocenters. The van der Waals surface area contributed by atoms with Crippen molar-refractivity contribution in [1.82, 2.24) is 4.90 Å². The monoisotopic (exact) mass is 483 g/mol. The molecule has 1 aliphatic heterocycles. The van der Waals surface area contributed by atoms with E-state index in [9.17, 15) is 17.6 Å². The Kier molecular flexibility index (Phi) is 6.74. The highest BCUT2D eigenvalue weighted by Gasteiger charge is 2.26. The number of benzene rings is 3. The maximum absolute atomic E-state index is 13.2. The van der Waals surface area contributed by atoms with Gasteiger partial charge in [-0.2, -0.15) is 0 Å². The van der Waals surface area contributed by atoms with Crippen LogP contribution < -0.4 is 13.9 Å². The topological polar surface area (TPSA) is 70.2 Å². The predicted octanol–water partition coefficient (Wildman–Crippen LogP) is 3.62. The average molecular weight is 484 g/mol. The minimum Gasteiger partial charge on any atom is -0.497 e. The number of methoxy groups -OCH3 is 1. The number of hydrogen-bond acceptors (Lipinski definition) is 5. The van der Waals surface area contributed by atoms with Crippen molar-refractivity contribution in [3.8, 4) is 5.75 Å². The molecule has 0 unspecified atom stereocenters. The highest BCUT2D eigenvalue weighted by atomic mass is 32.2. The lowest BCUT2D eigenvalue weighted by molar-refractivity contribution is 0.0746. The Morgan fingerprint density at radius 1 is 0.941 bits per heavy atom. The van der Waals surface area contributed by atoms with Crippen LogP contribution in [0.25, 0.3) is 0 Å². The largest absolute Gasteiger partial charge is 0.497 e. The summed E-state index contributed by atoms with van der Waals surface area (Å²) in [7, 11) is -0.849. The first-order chi connectivity index (χ1) is 16.3. The summed E-state index contributed by atoms with van der Waals surface area (Å²) < 4.78 is 45.9. The van der Waals surface area contributed by atoms with Gasteiger partial charge in [-0.05, 0) is 66.7 Å². The van der Waals surface area contributed by atoms with E-state index in [4.69, 9.17) is 4.74 Å². The molecule has 0 aliphatic carbocycles. The van der Waals surface area contributed by atoms with Gasteiger partial charge in [0.05, 0.1) is 17.7 Å². The van der Waals surface area contributed by atoms with Crippen molar-refractivity contribution < 1.29 is 22.3 Å². The van der Waals surface area contributed by atoms with Gasteiger partial charge in [0.25, 0.3) is 15.9 Å². The maximum Gasteiger partial charge on any atom is 0.264 e. The van der Waals surface area contributed by atoms with Crippen molar-refractivity contribution in [1.29, 1.82) is 0 Å². The second-order valence-electron chi connectivity index (χ2n) is 7.95. The molecular formula is C25H26FN3O4S. The molecule has 1 aliphatic rings. The van der Waals surface area contributed by atoms with Crippen LogP contribution in [0.15, 0.2) is 77.7 Å². The molecule has 0 aromatic heterocycles. The number of nitrogens with zero attached hydrogens (tertiary/aromatic N) is 3. The van der Waals surface area contributed by atoms with E-state index in [0.717, 1.165) is 5.69 Å². The Morgan fingerprint density at radius 2 is 1.59 bits per heavy atom. The molecule has 0 spiro atoms. The van der Waals surface area contributed by atoms with Crippen molar-refractivity contribution >= 4 is 27.3 Å². The summed E-state index contributed by atoms with van der Waals surface area (Å²) in [5.74, 6) is 0.120. The minimum atomic E-state index is -3.86. The van der Waals surface area contributed by atoms with Gasteiger partial charge in [-0.15, -0.1) is 0 Å². The molecule has 1 saturated heterocycles. The van der Waals surface area contributed by atoms with Crippen LogP contribution in [0.1, 0.15) is 10.4 Å². The quantitative estimate of drug-likeness (QED) is 0.536. The highest BCUT2D eigenvalue weighted by Crippen LogP contribution is 2.25. The number of ether oxygens (including phenoxy) is 1. The summed E-state index contributed by atoms with van der Waals surface area (Å²) in [5, 5.41) is 0. The molecule has 0 radical (unpaired) electrons. The fourth-order valence-corrected chi connectivity index (χ4v) is 5.12. The number of anilines is 2. The number of halogens is 1. The summed E-state index contributed by atoms with van der Waals surface area (Å²) in [6.07, 6.45) is 0. The van der Waals surface area contributed by atoms with Crippen LogP contribution in [0, 0.1) is 5.82 Å². The Balaban J connectivity index is 1.47. The number of carbonyl (C=O) groups excluding carboxylic acids is 1. The number of piperazine rings is 1. The number of hydrogen-bond donors (Lipinski definition) is 0. The lowest BCUT2D eigenvalue weighted by Gasteiger charge is -2.36. The lowest BCUT2D eigenvalue weighted by Crippen LogP contribution is -2.48. The van der Waals surface area contributed by atoms with Crippen LogP contribution in [0.5, 0.6) is 5.75 Å². The van der Waals surface area contributed by atoms with Gasteiger partial charge in [-0.3, -0.25) is 9.10 Å². The minimum absolute atomic E-state index is 0.0432. The molecule has 7 nitrogen and oxygen atoms in total. The first kappa shape index (κ1) is 23.6. The van der Waals surface area contributed by atoms with Crippen molar-refractivity contribution in [2.45, 2.75) is 4.90 Å². The fourth-order valence-electron chi connectivity index (χ4n) is 3.88. The molecule has 0 bridgehead atoms. The summed E-state index contributed by atoms with van der Waals surface area (Å²) in [4.78, 5) is 17.0. The number of amides is 1. The van der Waals surface area contributed by atoms with Crippen molar-refractivity contribution in [2.24, 2.45) is 0 Å². The van der Waals surface area contributed by atoms with E-state index in [0.29, 0.717) is 43.2 Å². The zero-order valence-corrected chi connectivity index (χ0v) is 19.8. The second-order valence-corrected chi connectivity index (χ2v) is 9.92. The molecule has 1 amide bonds. The average Bonchev–Trinajstić information content (AvgIpc) is 2.88. The zero-order chi connectivity index (χ0) is 24.3. The fraction of sp³-hybridized carbons (Fsp3) is 0.240. The molecule has 9 heteroatoms. The standard InChI is InChI=1S/C25H26FN3O4S/c1-27(21-10-12-23(33-2)13-11-21)34(31,32)24-5-3-4-19(18-24)25(30)29-16-14-28(15-17-29)22-8-6-20(26)7-9-22/h3-13,18H,14-17H2,1-2H3. The summed E-state index contributed by atoms with van der Waals surface area (Å²) in [5.41, 5.74) is 1.71. The predicted molar refractivity (Wildman–Crippen MR) is 130 cm³/mol. The maximum atomic E-state index is 13.2. The second kappa shape index (κ2) is 9.72. The first-order valence-electron chi connectivity index (χ1n) is 10.8. The van der Waals surface area contributed by atoms with Crippen molar-refractivity contribution in [3.05, 3.63) is 84.2 Å². The van der Waals surface area contributed by atoms with Gasteiger partial charge in [0, 0.05) is 44.5 Å². The van der Waals surface area contributed by atoms with Gasteiger partial charge >= 0.3 is 0 Å². The smallest absolute Gasteiger partial charge is 0.264 e. The molecule has 1 heterocycles. The van der Waals surface area contributed by atoms with Crippen LogP contribution in [0.2, 0.25) is 0 Å². The van der Waals surface area contributed by atoms with E-state index in [1.165, 1.54) is 35.6 Å². The molecule has 0 N–H and O–H groups in total. The summed E-state index contributed by atoms with van der Waals surface area (Å²) in [6, 6.07) is 19.1. The van der Waals surface area contributed by atoms with Crippen LogP contribution in [0.4, 0.5) is 15.8 Å². The van der Waals surface area contributed by atoms with E-state index in [1.807, 2.05) is 0 Å². The van der Waals surface area contributed by atoms with Gasteiger partial charge in [0.2, 0.25) is 0 Å². The molecular weight excluding hydrogens is 457 g/mol. The van der Waals surface area contributed by atoms with Crippen LogP contribution in [-0.2, 0) is 10.0 Å². The third kappa shape index (κ3) is 4.84. The lowest BCUT2D eigenvalue weighted by atomic mass is 10.1. The molecule has 4 rings (SSSR count). The third-order valence-corrected chi connectivity index (χ3v) is 7.72. The number of carbonyl (C=O) groups is 1. The molecule has 178 valence electrons. The third-order valence-electron chi connectivity index (χ3n) is 5.93. The number of rotatable bonds is 6. The van der Waals surface area contributed by atoms with Gasteiger partial charge in [-0.1, -0.05) is 6.07 Å². The normalized spacial score (nSPS) is 14.1. The van der Waals surface area contributed by atoms with Crippen molar-refractivity contribution in [2.75, 3.05) is 49.5 Å². The Morgan fingerprint density at radius 3 is 2.21 bits per heavy atom. The van der Waals surface area contributed by atoms with Gasteiger partial charge < -0.3 is 14.5 Å². The molecule has 3 aromatic rings. The molecule has 34 heavy (non-hydrogen) atoms. The van der Waals surface area contributed by atoms with E-state index in [1.54, 1.807) is 60.5 Å². The molecule has 3 aromatic carbocycles.